The van der Waals surface area contributed by atoms with Gasteiger partial charge in [-0.3, -0.25) is 4.79 Å². The number of carbonyl (C=O) groups is 1. The second-order valence-electron chi connectivity index (χ2n) is 6.52. The highest BCUT2D eigenvalue weighted by molar-refractivity contribution is 7.91. The monoisotopic (exact) mass is 408 g/mol. The van der Waals surface area contributed by atoms with Gasteiger partial charge in [0.15, 0.2) is 0 Å². The van der Waals surface area contributed by atoms with Gasteiger partial charge in [-0.05, 0) is 48.4 Å². The first-order valence-electron chi connectivity index (χ1n) is 8.95. The average Bonchev–Trinajstić information content (AvgIpc) is 3.24. The van der Waals surface area contributed by atoms with E-state index in [1.165, 1.54) is 15.6 Å². The van der Waals surface area contributed by atoms with Crippen molar-refractivity contribution in [1.29, 1.82) is 0 Å². The van der Waals surface area contributed by atoms with Gasteiger partial charge in [0.25, 0.3) is 10.0 Å². The predicted octanol–water partition coefficient (Wildman–Crippen LogP) is 2.52. The summed E-state index contributed by atoms with van der Waals surface area (Å²) in [5.74, 6) is 0.427. The zero-order valence-electron chi connectivity index (χ0n) is 15.3. The zero-order valence-corrected chi connectivity index (χ0v) is 16.9. The number of ether oxygens (including phenoxy) is 1. The molecule has 0 saturated carbocycles. The summed E-state index contributed by atoms with van der Waals surface area (Å²) in [7, 11) is -1.87. The maximum absolute atomic E-state index is 12.7. The first-order valence-corrected chi connectivity index (χ1v) is 11.3. The van der Waals surface area contributed by atoms with Crippen LogP contribution in [0, 0.1) is 5.92 Å². The molecule has 2 aromatic rings. The van der Waals surface area contributed by atoms with Gasteiger partial charge < -0.3 is 10.1 Å². The van der Waals surface area contributed by atoms with Crippen LogP contribution in [0.1, 0.15) is 18.4 Å². The maximum Gasteiger partial charge on any atom is 0.252 e. The van der Waals surface area contributed by atoms with E-state index in [0.29, 0.717) is 30.1 Å². The van der Waals surface area contributed by atoms with Gasteiger partial charge in [0.2, 0.25) is 5.91 Å². The van der Waals surface area contributed by atoms with E-state index in [9.17, 15) is 13.2 Å². The summed E-state index contributed by atoms with van der Waals surface area (Å²) >= 11 is 1.21. The van der Waals surface area contributed by atoms with E-state index in [2.05, 4.69) is 5.32 Å². The summed E-state index contributed by atoms with van der Waals surface area (Å²) in [6, 6.07) is 11.1. The highest BCUT2D eigenvalue weighted by atomic mass is 32.2. The van der Waals surface area contributed by atoms with Crippen molar-refractivity contribution in [3.63, 3.8) is 0 Å². The van der Waals surface area contributed by atoms with E-state index in [-0.39, 0.29) is 18.4 Å². The molecular formula is C19H24N2O4S2. The lowest BCUT2D eigenvalue weighted by Crippen LogP contribution is -2.45. The number of piperidine rings is 1. The van der Waals surface area contributed by atoms with Crippen LogP contribution in [0.3, 0.4) is 0 Å². The Hall–Kier alpha value is -1.90. The number of benzene rings is 1. The largest absolute Gasteiger partial charge is 0.497 e. The van der Waals surface area contributed by atoms with Gasteiger partial charge in [-0.25, -0.2) is 8.42 Å². The van der Waals surface area contributed by atoms with Gasteiger partial charge in [0.1, 0.15) is 9.96 Å². The van der Waals surface area contributed by atoms with Gasteiger partial charge in [0, 0.05) is 19.6 Å². The van der Waals surface area contributed by atoms with Crippen molar-refractivity contribution in [2.24, 2.45) is 5.92 Å². The normalized spacial score (nSPS) is 18.2. The number of amides is 1. The number of hydrogen-bond acceptors (Lipinski definition) is 5. The van der Waals surface area contributed by atoms with Crippen molar-refractivity contribution in [2.75, 3.05) is 26.7 Å². The summed E-state index contributed by atoms with van der Waals surface area (Å²) in [6.45, 7) is 1.24. The number of methoxy groups -OCH3 is 1. The molecule has 1 fully saturated rings. The molecule has 1 N–H and O–H groups in total. The lowest BCUT2D eigenvalue weighted by Gasteiger charge is -2.30. The van der Waals surface area contributed by atoms with Gasteiger partial charge in [-0.1, -0.05) is 18.2 Å². The fourth-order valence-electron chi connectivity index (χ4n) is 3.18. The molecule has 1 amide bonds. The molecule has 0 aliphatic carbocycles. The van der Waals surface area contributed by atoms with Crippen molar-refractivity contribution >= 4 is 27.3 Å². The Morgan fingerprint density at radius 2 is 2.07 bits per heavy atom. The maximum atomic E-state index is 12.7. The third-order valence-corrected chi connectivity index (χ3v) is 7.95. The molecule has 1 aliphatic heterocycles. The lowest BCUT2D eigenvalue weighted by molar-refractivity contribution is -0.126. The summed E-state index contributed by atoms with van der Waals surface area (Å²) in [5.41, 5.74) is 1.11. The Bertz CT molecular complexity index is 848. The first-order chi connectivity index (χ1) is 13.0. The van der Waals surface area contributed by atoms with Crippen LogP contribution in [-0.2, 0) is 21.2 Å². The molecule has 146 valence electrons. The van der Waals surface area contributed by atoms with Crippen LogP contribution in [0.15, 0.2) is 46.0 Å². The van der Waals surface area contributed by atoms with Crippen molar-refractivity contribution in [3.8, 4) is 5.75 Å². The topological polar surface area (TPSA) is 75.7 Å². The van der Waals surface area contributed by atoms with Crippen LogP contribution >= 0.6 is 11.3 Å². The SMILES string of the molecule is COc1ccc(CCNC(=O)C2CCCN(S(=O)(=O)c3cccs3)C2)cc1. The number of rotatable bonds is 7. The fraction of sp³-hybridized carbons (Fsp3) is 0.421. The number of nitrogens with one attached hydrogen (secondary N) is 1. The number of hydrogen-bond donors (Lipinski definition) is 1. The highest BCUT2D eigenvalue weighted by Crippen LogP contribution is 2.26. The molecule has 0 radical (unpaired) electrons. The Labute approximate surface area is 164 Å². The van der Waals surface area contributed by atoms with Gasteiger partial charge >= 0.3 is 0 Å². The molecular weight excluding hydrogens is 384 g/mol. The summed E-state index contributed by atoms with van der Waals surface area (Å²) < 4.78 is 32.2. The molecule has 0 bridgehead atoms. The van der Waals surface area contributed by atoms with E-state index in [4.69, 9.17) is 4.74 Å². The van der Waals surface area contributed by atoms with Crippen molar-refractivity contribution < 1.29 is 17.9 Å². The second-order valence-corrected chi connectivity index (χ2v) is 9.64. The van der Waals surface area contributed by atoms with Gasteiger partial charge in [-0.2, -0.15) is 4.31 Å². The van der Waals surface area contributed by atoms with Crippen LogP contribution < -0.4 is 10.1 Å². The van der Waals surface area contributed by atoms with E-state index in [0.717, 1.165) is 17.7 Å². The highest BCUT2D eigenvalue weighted by Gasteiger charge is 2.33. The van der Waals surface area contributed by atoms with Crippen molar-refractivity contribution in [1.82, 2.24) is 9.62 Å². The molecule has 3 rings (SSSR count). The average molecular weight is 409 g/mol. The third kappa shape index (κ3) is 4.88. The zero-order chi connectivity index (χ0) is 19.3. The molecule has 1 aromatic heterocycles. The summed E-state index contributed by atoms with van der Waals surface area (Å²) in [6.07, 6.45) is 2.13. The number of sulfonamides is 1. The molecule has 2 heterocycles. The van der Waals surface area contributed by atoms with E-state index < -0.39 is 10.0 Å². The minimum absolute atomic E-state index is 0.0745. The van der Waals surface area contributed by atoms with Gasteiger partial charge in [0.05, 0.1) is 13.0 Å². The third-order valence-electron chi connectivity index (χ3n) is 4.72. The molecule has 1 saturated heterocycles. The van der Waals surface area contributed by atoms with Crippen LogP contribution in [0.25, 0.3) is 0 Å². The molecule has 1 aromatic carbocycles. The molecule has 27 heavy (non-hydrogen) atoms. The van der Waals surface area contributed by atoms with E-state index in [1.54, 1.807) is 24.6 Å². The van der Waals surface area contributed by atoms with Crippen molar-refractivity contribution in [3.05, 3.63) is 47.3 Å². The standard InChI is InChI=1S/C19H24N2O4S2/c1-25-17-8-6-15(7-9-17)10-11-20-19(22)16-4-2-12-21(14-16)27(23,24)18-5-3-13-26-18/h3,5-9,13,16H,2,4,10-12,14H2,1H3,(H,20,22). The molecule has 1 atom stereocenters. The van der Waals surface area contributed by atoms with Crippen LogP contribution in [-0.4, -0.2) is 45.4 Å². The van der Waals surface area contributed by atoms with Crippen LogP contribution in [0.5, 0.6) is 5.75 Å². The Balaban J connectivity index is 1.52. The first kappa shape index (κ1) is 19.9. The Morgan fingerprint density at radius 1 is 1.30 bits per heavy atom. The lowest BCUT2D eigenvalue weighted by atomic mass is 9.99. The van der Waals surface area contributed by atoms with E-state index in [1.807, 2.05) is 24.3 Å². The van der Waals surface area contributed by atoms with Crippen LogP contribution in [0.2, 0.25) is 0 Å². The van der Waals surface area contributed by atoms with Crippen molar-refractivity contribution in [2.45, 2.75) is 23.5 Å². The van der Waals surface area contributed by atoms with Gasteiger partial charge in [-0.15, -0.1) is 11.3 Å². The summed E-state index contributed by atoms with van der Waals surface area (Å²) in [5, 5.41) is 4.70. The Morgan fingerprint density at radius 3 is 2.74 bits per heavy atom. The van der Waals surface area contributed by atoms with E-state index >= 15 is 0 Å². The Kier molecular flexibility index (Phi) is 6.51. The smallest absolute Gasteiger partial charge is 0.252 e. The number of nitrogens with zero attached hydrogens (tertiary/aromatic N) is 1. The number of carbonyl (C=O) groups excluding carboxylic acids is 1. The fourth-order valence-corrected chi connectivity index (χ4v) is 5.85. The molecule has 8 heteroatoms. The van der Waals surface area contributed by atoms with Crippen LogP contribution in [0.4, 0.5) is 0 Å². The molecule has 1 aliphatic rings. The minimum Gasteiger partial charge on any atom is -0.497 e. The minimum atomic E-state index is -3.50. The molecule has 0 spiro atoms. The molecule has 1 unspecified atom stereocenters. The summed E-state index contributed by atoms with van der Waals surface area (Å²) in [4.78, 5) is 12.5. The quantitative estimate of drug-likeness (QED) is 0.764. The second kappa shape index (κ2) is 8.86. The number of thiophene rings is 1. The predicted molar refractivity (Wildman–Crippen MR) is 106 cm³/mol. The molecule has 6 nitrogen and oxygen atoms in total.